The molecule has 2 aromatic rings. The van der Waals surface area contributed by atoms with Gasteiger partial charge in [0.1, 0.15) is 41.9 Å². The molecule has 0 saturated carbocycles. The van der Waals surface area contributed by atoms with Crippen molar-refractivity contribution in [3.63, 3.8) is 0 Å². The maximum atomic E-state index is 14.5. The molecular weight excluding hydrogens is 566 g/mol. The number of aliphatic hydroxyl groups excluding tert-OH is 2. The topological polar surface area (TPSA) is 135 Å². The van der Waals surface area contributed by atoms with Gasteiger partial charge in [-0.25, -0.2) is 0 Å². The standard InChI is InChI=1S/C30H44ClN3O8/c1-19(2)14-21-15-33(26(36)18-39-4)16-25(40-5)29(37)24(35)17-41-13-9-8-12-34(21)30(38)27-20(3)42-32-28(27)22-10-6-7-11-23(22)31/h6-7,10-11,19,21,24-25,29,35,37H,8-9,12-18H2,1-5H3/t21-,24+,25+,29+/m0/s1. The first-order chi connectivity index (χ1) is 20.1. The lowest BCUT2D eigenvalue weighted by atomic mass is 9.98. The van der Waals surface area contributed by atoms with Crippen LogP contribution in [0.15, 0.2) is 28.8 Å². The second-order valence-corrected chi connectivity index (χ2v) is 11.5. The minimum Gasteiger partial charge on any atom is -0.388 e. The minimum absolute atomic E-state index is 0.0231. The average molecular weight is 610 g/mol. The molecule has 2 heterocycles. The zero-order chi connectivity index (χ0) is 30.8. The summed E-state index contributed by atoms with van der Waals surface area (Å²) in [5.74, 6) is -0.0576. The third-order valence-corrected chi connectivity index (χ3v) is 7.74. The van der Waals surface area contributed by atoms with Gasteiger partial charge in [-0.1, -0.05) is 48.8 Å². The average Bonchev–Trinajstić information content (AvgIpc) is 3.34. The molecule has 1 saturated heterocycles. The van der Waals surface area contributed by atoms with E-state index in [2.05, 4.69) is 19.0 Å². The number of nitrogens with zero attached hydrogens (tertiary/aromatic N) is 3. The van der Waals surface area contributed by atoms with Crippen molar-refractivity contribution in [3.8, 4) is 11.3 Å². The van der Waals surface area contributed by atoms with Crippen LogP contribution in [0.1, 0.15) is 49.2 Å². The van der Waals surface area contributed by atoms with Gasteiger partial charge in [0.25, 0.3) is 5.91 Å². The van der Waals surface area contributed by atoms with Gasteiger partial charge in [-0.2, -0.15) is 0 Å². The number of ether oxygens (including phenoxy) is 3. The van der Waals surface area contributed by atoms with E-state index in [-0.39, 0.29) is 44.0 Å². The molecule has 2 N–H and O–H groups in total. The third-order valence-electron chi connectivity index (χ3n) is 7.41. The van der Waals surface area contributed by atoms with E-state index >= 15 is 0 Å². The molecule has 0 spiro atoms. The highest BCUT2D eigenvalue weighted by molar-refractivity contribution is 6.33. The fraction of sp³-hybridized carbons (Fsp3) is 0.633. The molecule has 3 rings (SSSR count). The highest BCUT2D eigenvalue weighted by atomic mass is 35.5. The molecule has 1 aromatic carbocycles. The molecule has 0 radical (unpaired) electrons. The highest BCUT2D eigenvalue weighted by Gasteiger charge is 2.35. The van der Waals surface area contributed by atoms with Gasteiger partial charge < -0.3 is 38.7 Å². The van der Waals surface area contributed by atoms with Crippen LogP contribution >= 0.6 is 11.6 Å². The molecule has 12 heteroatoms. The molecule has 1 aromatic heterocycles. The normalized spacial score (nSPS) is 23.2. The van der Waals surface area contributed by atoms with Gasteiger partial charge in [-0.15, -0.1) is 0 Å². The maximum Gasteiger partial charge on any atom is 0.260 e. The Morgan fingerprint density at radius 2 is 1.90 bits per heavy atom. The van der Waals surface area contributed by atoms with E-state index < -0.39 is 24.4 Å². The van der Waals surface area contributed by atoms with Gasteiger partial charge in [0.05, 0.1) is 11.6 Å². The van der Waals surface area contributed by atoms with E-state index in [4.69, 9.17) is 30.3 Å². The predicted octanol–water partition coefficient (Wildman–Crippen LogP) is 3.18. The maximum absolute atomic E-state index is 14.5. The van der Waals surface area contributed by atoms with Crippen molar-refractivity contribution >= 4 is 23.4 Å². The van der Waals surface area contributed by atoms with E-state index in [0.29, 0.717) is 60.0 Å². The van der Waals surface area contributed by atoms with Crippen LogP contribution in [-0.2, 0) is 19.0 Å². The van der Waals surface area contributed by atoms with Gasteiger partial charge >= 0.3 is 0 Å². The van der Waals surface area contributed by atoms with Crippen molar-refractivity contribution in [2.45, 2.75) is 64.4 Å². The second-order valence-electron chi connectivity index (χ2n) is 11.1. The van der Waals surface area contributed by atoms with Crippen LogP contribution in [0.3, 0.4) is 0 Å². The Labute approximate surface area is 252 Å². The quantitative estimate of drug-likeness (QED) is 0.485. The van der Waals surface area contributed by atoms with Crippen molar-refractivity contribution in [2.75, 3.05) is 53.7 Å². The third kappa shape index (κ3) is 8.75. The first-order valence-electron chi connectivity index (χ1n) is 14.3. The molecule has 0 unspecified atom stereocenters. The van der Waals surface area contributed by atoms with E-state index in [1.807, 2.05) is 6.07 Å². The van der Waals surface area contributed by atoms with Crippen LogP contribution in [0.25, 0.3) is 11.3 Å². The van der Waals surface area contributed by atoms with Gasteiger partial charge in [-0.3, -0.25) is 9.59 Å². The zero-order valence-corrected chi connectivity index (χ0v) is 25.9. The summed E-state index contributed by atoms with van der Waals surface area (Å²) < 4.78 is 21.8. The Morgan fingerprint density at radius 1 is 1.17 bits per heavy atom. The Morgan fingerprint density at radius 3 is 2.57 bits per heavy atom. The summed E-state index contributed by atoms with van der Waals surface area (Å²) >= 11 is 6.48. The van der Waals surface area contributed by atoms with Crippen molar-refractivity contribution in [1.82, 2.24) is 15.0 Å². The molecule has 11 nitrogen and oxygen atoms in total. The summed E-state index contributed by atoms with van der Waals surface area (Å²) in [5.41, 5.74) is 1.26. The lowest BCUT2D eigenvalue weighted by Gasteiger charge is -2.38. The zero-order valence-electron chi connectivity index (χ0n) is 25.1. The number of aliphatic hydroxyl groups is 2. The number of methoxy groups -OCH3 is 2. The molecule has 2 amide bonds. The van der Waals surface area contributed by atoms with Crippen LogP contribution in [0.5, 0.6) is 0 Å². The highest BCUT2D eigenvalue weighted by Crippen LogP contribution is 2.32. The van der Waals surface area contributed by atoms with E-state index in [1.54, 1.807) is 30.0 Å². The van der Waals surface area contributed by atoms with Crippen molar-refractivity contribution in [3.05, 3.63) is 40.6 Å². The van der Waals surface area contributed by atoms with Crippen LogP contribution < -0.4 is 0 Å². The first-order valence-corrected chi connectivity index (χ1v) is 14.7. The Bertz CT molecular complexity index is 1160. The number of aromatic nitrogens is 1. The summed E-state index contributed by atoms with van der Waals surface area (Å²) in [5, 5.41) is 26.0. The molecular formula is C30H44ClN3O8. The molecule has 0 aliphatic carbocycles. The fourth-order valence-electron chi connectivity index (χ4n) is 5.22. The summed E-state index contributed by atoms with van der Waals surface area (Å²) in [6.07, 6.45) is -1.58. The van der Waals surface area contributed by atoms with Crippen LogP contribution in [-0.4, -0.2) is 115 Å². The Balaban J connectivity index is 2.07. The number of benzene rings is 1. The Hall–Kier alpha value is -2.54. The minimum atomic E-state index is -1.30. The number of hydrogen-bond donors (Lipinski definition) is 2. The van der Waals surface area contributed by atoms with E-state index in [9.17, 15) is 19.8 Å². The van der Waals surface area contributed by atoms with Crippen LogP contribution in [0.4, 0.5) is 0 Å². The first kappa shape index (κ1) is 34.0. The smallest absolute Gasteiger partial charge is 0.260 e. The molecule has 0 bridgehead atoms. The van der Waals surface area contributed by atoms with E-state index in [1.165, 1.54) is 19.1 Å². The number of halogens is 1. The molecule has 42 heavy (non-hydrogen) atoms. The van der Waals surface area contributed by atoms with Gasteiger partial charge in [0.2, 0.25) is 5.91 Å². The SMILES string of the molecule is COCC(=O)N1C[C@H](CC(C)C)N(C(=O)c2c(-c3ccccc3Cl)noc2C)CCCCOC[C@@H](O)[C@@H](O)[C@H](OC)C1. The molecule has 4 atom stereocenters. The largest absolute Gasteiger partial charge is 0.388 e. The number of amides is 2. The number of carbonyl (C=O) groups is 2. The molecule has 1 fully saturated rings. The summed E-state index contributed by atoms with van der Waals surface area (Å²) in [6.45, 7) is 6.39. The van der Waals surface area contributed by atoms with Crippen LogP contribution in [0, 0.1) is 12.8 Å². The molecule has 234 valence electrons. The molecule has 1 aliphatic heterocycles. The Kier molecular flexibility index (Phi) is 13.2. The second kappa shape index (κ2) is 16.3. The monoisotopic (exact) mass is 609 g/mol. The molecule has 1 aliphatic rings. The lowest BCUT2D eigenvalue weighted by Crippen LogP contribution is -2.54. The predicted molar refractivity (Wildman–Crippen MR) is 157 cm³/mol. The van der Waals surface area contributed by atoms with Crippen molar-refractivity contribution in [1.29, 1.82) is 0 Å². The van der Waals surface area contributed by atoms with Crippen molar-refractivity contribution in [2.24, 2.45) is 5.92 Å². The number of aryl methyl sites for hydroxylation is 1. The van der Waals surface area contributed by atoms with Crippen molar-refractivity contribution < 1.29 is 38.5 Å². The summed E-state index contributed by atoms with van der Waals surface area (Å²) in [4.78, 5) is 31.1. The summed E-state index contributed by atoms with van der Waals surface area (Å²) in [7, 11) is 2.84. The number of rotatable bonds is 7. The number of carbonyl (C=O) groups excluding carboxylic acids is 2. The lowest BCUT2D eigenvalue weighted by molar-refractivity contribution is -0.143. The summed E-state index contributed by atoms with van der Waals surface area (Å²) in [6, 6.07) is 6.74. The van der Waals surface area contributed by atoms with Crippen LogP contribution in [0.2, 0.25) is 5.02 Å². The van der Waals surface area contributed by atoms with Gasteiger partial charge in [-0.05, 0) is 38.2 Å². The van der Waals surface area contributed by atoms with E-state index in [0.717, 1.165) is 0 Å². The van der Waals surface area contributed by atoms with Gasteiger partial charge in [0.15, 0.2) is 0 Å². The fourth-order valence-corrected chi connectivity index (χ4v) is 5.45. The van der Waals surface area contributed by atoms with Gasteiger partial charge in [0, 0.05) is 52.1 Å². The number of hydrogen-bond acceptors (Lipinski definition) is 9.